The molecule has 100 valence electrons. The van der Waals surface area contributed by atoms with E-state index in [-0.39, 0.29) is 11.1 Å². The van der Waals surface area contributed by atoms with E-state index in [1.807, 2.05) is 6.07 Å². The normalized spacial score (nSPS) is 12.0. The number of halogens is 3. The lowest BCUT2D eigenvalue weighted by Crippen LogP contribution is -2.04. The van der Waals surface area contributed by atoms with Crippen molar-refractivity contribution in [3.05, 3.63) is 65.5 Å². The number of allylic oxidation sites excluding steroid dienone is 1. The molecule has 0 unspecified atom stereocenters. The van der Waals surface area contributed by atoms with Crippen molar-refractivity contribution in [1.82, 2.24) is 4.98 Å². The van der Waals surface area contributed by atoms with E-state index >= 15 is 0 Å². The summed E-state index contributed by atoms with van der Waals surface area (Å²) >= 11 is 0. The Morgan fingerprint density at radius 3 is 2.55 bits per heavy atom. The molecule has 0 saturated carbocycles. The first kappa shape index (κ1) is 13.8. The maximum atomic E-state index is 12.6. The molecule has 0 saturated heterocycles. The first-order valence-corrected chi connectivity index (χ1v) is 5.71. The highest BCUT2D eigenvalue weighted by atomic mass is 19.4. The Morgan fingerprint density at radius 2 is 1.95 bits per heavy atom. The van der Waals surface area contributed by atoms with Crippen LogP contribution in [0.2, 0.25) is 0 Å². The van der Waals surface area contributed by atoms with Crippen LogP contribution < -0.4 is 0 Å². The quantitative estimate of drug-likeness (QED) is 0.771. The highest BCUT2D eigenvalue weighted by Gasteiger charge is 2.30. The zero-order valence-electron chi connectivity index (χ0n) is 10.2. The van der Waals surface area contributed by atoms with Crippen LogP contribution in [0.25, 0.3) is 11.6 Å². The standard InChI is InChI=1S/C15H9F3N2/c16-15(17,18)13-5-3-4-11(8-13)12(10-19)9-14-6-1-2-7-20-14/h1-9H. The number of alkyl halides is 3. The molecule has 0 bridgehead atoms. The van der Waals surface area contributed by atoms with Crippen molar-refractivity contribution in [2.75, 3.05) is 0 Å². The van der Waals surface area contributed by atoms with Gasteiger partial charge >= 0.3 is 6.18 Å². The van der Waals surface area contributed by atoms with E-state index in [0.29, 0.717) is 5.69 Å². The van der Waals surface area contributed by atoms with Gasteiger partial charge in [0.15, 0.2) is 0 Å². The van der Waals surface area contributed by atoms with Crippen LogP contribution >= 0.6 is 0 Å². The van der Waals surface area contributed by atoms with Gasteiger partial charge in [-0.1, -0.05) is 18.2 Å². The number of hydrogen-bond acceptors (Lipinski definition) is 2. The molecule has 2 aromatic rings. The van der Waals surface area contributed by atoms with Gasteiger partial charge in [-0.3, -0.25) is 4.98 Å². The minimum atomic E-state index is -4.43. The Balaban J connectivity index is 2.44. The van der Waals surface area contributed by atoms with E-state index in [2.05, 4.69) is 4.98 Å². The van der Waals surface area contributed by atoms with Crippen LogP contribution in [0.5, 0.6) is 0 Å². The van der Waals surface area contributed by atoms with Crippen LogP contribution in [-0.4, -0.2) is 4.98 Å². The molecule has 1 heterocycles. The Morgan fingerprint density at radius 1 is 1.15 bits per heavy atom. The summed E-state index contributed by atoms with van der Waals surface area (Å²) in [5.41, 5.74) is 0.0846. The lowest BCUT2D eigenvalue weighted by atomic mass is 10.0. The smallest absolute Gasteiger partial charge is 0.257 e. The zero-order chi connectivity index (χ0) is 14.6. The third kappa shape index (κ3) is 3.23. The molecule has 0 radical (unpaired) electrons. The average Bonchev–Trinajstić information content (AvgIpc) is 2.45. The summed E-state index contributed by atoms with van der Waals surface area (Å²) in [6.07, 6.45) is -1.43. The van der Waals surface area contributed by atoms with Gasteiger partial charge < -0.3 is 0 Å². The van der Waals surface area contributed by atoms with E-state index < -0.39 is 11.7 Å². The molecule has 0 N–H and O–H groups in total. The van der Waals surface area contributed by atoms with Crippen molar-refractivity contribution >= 4 is 11.6 Å². The summed E-state index contributed by atoms with van der Waals surface area (Å²) in [6, 6.07) is 11.7. The fourth-order valence-electron chi connectivity index (χ4n) is 1.65. The predicted octanol–water partition coefficient (Wildman–Crippen LogP) is 4.16. The van der Waals surface area contributed by atoms with Crippen molar-refractivity contribution in [2.24, 2.45) is 0 Å². The Kier molecular flexibility index (Phi) is 3.85. The van der Waals surface area contributed by atoms with Crippen molar-refractivity contribution in [3.8, 4) is 6.07 Å². The van der Waals surface area contributed by atoms with Gasteiger partial charge in [-0.2, -0.15) is 18.4 Å². The third-order valence-electron chi connectivity index (χ3n) is 2.60. The van der Waals surface area contributed by atoms with E-state index in [1.165, 1.54) is 18.2 Å². The van der Waals surface area contributed by atoms with Crippen LogP contribution in [0.15, 0.2) is 48.7 Å². The minimum absolute atomic E-state index is 0.134. The van der Waals surface area contributed by atoms with Crippen molar-refractivity contribution in [1.29, 1.82) is 5.26 Å². The molecule has 0 aliphatic heterocycles. The number of nitrogens with zero attached hydrogens (tertiary/aromatic N) is 2. The number of hydrogen-bond donors (Lipinski definition) is 0. The highest BCUT2D eigenvalue weighted by Crippen LogP contribution is 2.31. The molecule has 1 aromatic heterocycles. The molecular formula is C15H9F3N2. The lowest BCUT2D eigenvalue weighted by molar-refractivity contribution is -0.137. The first-order valence-electron chi connectivity index (χ1n) is 5.71. The van der Waals surface area contributed by atoms with Crippen molar-refractivity contribution in [2.45, 2.75) is 6.18 Å². The van der Waals surface area contributed by atoms with Gasteiger partial charge in [0.25, 0.3) is 0 Å². The van der Waals surface area contributed by atoms with Gasteiger partial charge in [-0.25, -0.2) is 0 Å². The number of pyridine rings is 1. The maximum Gasteiger partial charge on any atom is 0.416 e. The Labute approximate surface area is 113 Å². The minimum Gasteiger partial charge on any atom is -0.257 e. The molecule has 0 aliphatic rings. The zero-order valence-corrected chi connectivity index (χ0v) is 10.2. The predicted molar refractivity (Wildman–Crippen MR) is 69.2 cm³/mol. The number of rotatable bonds is 2. The monoisotopic (exact) mass is 274 g/mol. The van der Waals surface area contributed by atoms with E-state index in [4.69, 9.17) is 5.26 Å². The second kappa shape index (κ2) is 5.57. The second-order valence-corrected chi connectivity index (χ2v) is 4.00. The molecule has 0 spiro atoms. The lowest BCUT2D eigenvalue weighted by Gasteiger charge is -2.08. The topological polar surface area (TPSA) is 36.7 Å². The molecule has 0 amide bonds. The van der Waals surface area contributed by atoms with Crippen LogP contribution in [-0.2, 0) is 6.18 Å². The van der Waals surface area contributed by atoms with Gasteiger partial charge in [0.1, 0.15) is 0 Å². The van der Waals surface area contributed by atoms with Crippen LogP contribution in [0.1, 0.15) is 16.8 Å². The molecule has 0 fully saturated rings. The SMILES string of the molecule is N#CC(=Cc1ccccn1)c1cccc(C(F)(F)F)c1. The van der Waals surface area contributed by atoms with Crippen LogP contribution in [0.3, 0.4) is 0 Å². The summed E-state index contributed by atoms with van der Waals surface area (Å²) in [7, 11) is 0. The fourth-order valence-corrected chi connectivity index (χ4v) is 1.65. The van der Waals surface area contributed by atoms with Crippen LogP contribution in [0.4, 0.5) is 13.2 Å². The van der Waals surface area contributed by atoms with Gasteiger partial charge in [0.2, 0.25) is 0 Å². The first-order chi connectivity index (χ1) is 9.50. The summed E-state index contributed by atoms with van der Waals surface area (Å²) in [6.45, 7) is 0. The van der Waals surface area contributed by atoms with Gasteiger partial charge in [-0.15, -0.1) is 0 Å². The molecule has 1 aromatic carbocycles. The second-order valence-electron chi connectivity index (χ2n) is 4.00. The number of aromatic nitrogens is 1. The molecule has 2 rings (SSSR count). The van der Waals surface area contributed by atoms with E-state index in [0.717, 1.165) is 12.1 Å². The van der Waals surface area contributed by atoms with Gasteiger partial charge in [0.05, 0.1) is 22.9 Å². The molecule has 5 heteroatoms. The Hall–Kier alpha value is -2.61. The Bertz CT molecular complexity index is 668. The highest BCUT2D eigenvalue weighted by molar-refractivity contribution is 5.89. The largest absolute Gasteiger partial charge is 0.416 e. The molecular weight excluding hydrogens is 265 g/mol. The summed E-state index contributed by atoms with van der Waals surface area (Å²) in [5.74, 6) is 0. The third-order valence-corrected chi connectivity index (χ3v) is 2.60. The summed E-state index contributed by atoms with van der Waals surface area (Å²) in [4.78, 5) is 4.01. The summed E-state index contributed by atoms with van der Waals surface area (Å²) in [5, 5.41) is 9.11. The van der Waals surface area contributed by atoms with Crippen LogP contribution in [0, 0.1) is 11.3 Å². The molecule has 0 atom stereocenters. The molecule has 20 heavy (non-hydrogen) atoms. The van der Waals surface area contributed by atoms with Gasteiger partial charge in [0, 0.05) is 6.20 Å². The van der Waals surface area contributed by atoms with Crippen molar-refractivity contribution in [3.63, 3.8) is 0 Å². The fraction of sp³-hybridized carbons (Fsp3) is 0.0667. The average molecular weight is 274 g/mol. The van der Waals surface area contributed by atoms with Crippen molar-refractivity contribution < 1.29 is 13.2 Å². The number of nitriles is 1. The maximum absolute atomic E-state index is 12.6. The summed E-state index contributed by atoms with van der Waals surface area (Å²) < 4.78 is 37.9. The number of benzene rings is 1. The van der Waals surface area contributed by atoms with Gasteiger partial charge in [-0.05, 0) is 35.9 Å². The van der Waals surface area contributed by atoms with E-state index in [9.17, 15) is 13.2 Å². The van der Waals surface area contributed by atoms with E-state index in [1.54, 1.807) is 24.4 Å². The molecule has 2 nitrogen and oxygen atoms in total. The molecule has 0 aliphatic carbocycles.